The molecule has 0 amide bonds. The Balaban J connectivity index is 1.63. The Bertz CT molecular complexity index is 538. The van der Waals surface area contributed by atoms with Crippen LogP contribution in [0.15, 0.2) is 0 Å². The van der Waals surface area contributed by atoms with Crippen molar-refractivity contribution in [2.45, 2.75) is 78.6 Å². The third-order valence-corrected chi connectivity index (χ3v) is 8.97. The molecule has 2 nitrogen and oxygen atoms in total. The van der Waals surface area contributed by atoms with Crippen molar-refractivity contribution in [3.05, 3.63) is 0 Å². The molecule has 0 heterocycles. The highest BCUT2D eigenvalue weighted by Gasteiger charge is 2.60. The molecule has 4 aliphatic carbocycles. The van der Waals surface area contributed by atoms with E-state index in [0.717, 1.165) is 43.4 Å². The van der Waals surface area contributed by atoms with E-state index in [-0.39, 0.29) is 5.41 Å². The number of hydrogen-bond acceptors (Lipinski definition) is 2. The Kier molecular flexibility index (Phi) is 3.56. The molecule has 0 radical (unpaired) electrons. The summed E-state index contributed by atoms with van der Waals surface area (Å²) in [6.45, 7) is 6.74. The van der Waals surface area contributed by atoms with E-state index < -0.39 is 0 Å². The molecule has 0 bridgehead atoms. The van der Waals surface area contributed by atoms with Crippen LogP contribution in [-0.2, 0) is 9.59 Å². The van der Waals surface area contributed by atoms with Crippen LogP contribution in [-0.4, -0.2) is 11.6 Å². The van der Waals surface area contributed by atoms with Gasteiger partial charge in [-0.2, -0.15) is 0 Å². The van der Waals surface area contributed by atoms with Crippen molar-refractivity contribution in [1.82, 2.24) is 0 Å². The van der Waals surface area contributed by atoms with Crippen molar-refractivity contribution >= 4 is 11.6 Å². The van der Waals surface area contributed by atoms with Crippen molar-refractivity contribution < 1.29 is 9.59 Å². The maximum Gasteiger partial charge on any atom is 0.133 e. The van der Waals surface area contributed by atoms with Crippen LogP contribution in [0.25, 0.3) is 0 Å². The molecule has 0 N–H and O–H groups in total. The van der Waals surface area contributed by atoms with Crippen LogP contribution < -0.4 is 0 Å². The zero-order chi connectivity index (χ0) is 16.4. The van der Waals surface area contributed by atoms with E-state index in [9.17, 15) is 9.59 Å². The van der Waals surface area contributed by atoms with Crippen molar-refractivity contribution in [2.24, 2.45) is 40.4 Å². The number of Topliss-reactive ketones (excluding diaryl/α,β-unsaturated/α-hetero) is 2. The lowest BCUT2D eigenvalue weighted by molar-refractivity contribution is -0.143. The summed E-state index contributed by atoms with van der Waals surface area (Å²) in [6.07, 6.45) is 10.3. The minimum Gasteiger partial charge on any atom is -0.300 e. The van der Waals surface area contributed by atoms with E-state index in [2.05, 4.69) is 13.8 Å². The summed E-state index contributed by atoms with van der Waals surface area (Å²) in [4.78, 5) is 24.1. The number of rotatable bonds is 1. The van der Waals surface area contributed by atoms with Crippen LogP contribution in [0, 0.1) is 40.4 Å². The average molecular weight is 316 g/mol. The maximum atomic E-state index is 12.2. The van der Waals surface area contributed by atoms with Crippen LogP contribution in [0.1, 0.15) is 78.6 Å². The first-order valence-corrected chi connectivity index (χ1v) is 9.88. The van der Waals surface area contributed by atoms with E-state index in [1.807, 2.05) is 6.92 Å². The Hall–Kier alpha value is -0.660. The summed E-state index contributed by atoms with van der Waals surface area (Å²) in [7, 11) is 0. The van der Waals surface area contributed by atoms with Gasteiger partial charge in [0, 0.05) is 18.8 Å². The molecule has 4 aliphatic rings. The zero-order valence-electron chi connectivity index (χ0n) is 15.1. The van der Waals surface area contributed by atoms with Gasteiger partial charge in [-0.3, -0.25) is 9.59 Å². The lowest BCUT2D eigenvalue weighted by Gasteiger charge is -2.60. The lowest BCUT2D eigenvalue weighted by Crippen LogP contribution is -2.53. The molecule has 0 spiro atoms. The molecular formula is C21H32O2. The van der Waals surface area contributed by atoms with Gasteiger partial charge in [-0.05, 0) is 86.4 Å². The second-order valence-corrected chi connectivity index (χ2v) is 9.68. The summed E-state index contributed by atoms with van der Waals surface area (Å²) in [6, 6.07) is 0. The summed E-state index contributed by atoms with van der Waals surface area (Å²) in [5.74, 6) is 4.25. The predicted molar refractivity (Wildman–Crippen MR) is 90.9 cm³/mol. The van der Waals surface area contributed by atoms with E-state index in [1.54, 1.807) is 0 Å². The highest BCUT2D eigenvalue weighted by Crippen LogP contribution is 2.67. The molecular weight excluding hydrogens is 284 g/mol. The molecule has 0 aliphatic heterocycles. The largest absolute Gasteiger partial charge is 0.300 e. The normalized spacial score (nSPS) is 52.5. The molecule has 0 unspecified atom stereocenters. The van der Waals surface area contributed by atoms with Crippen LogP contribution in [0.2, 0.25) is 0 Å². The van der Waals surface area contributed by atoms with Crippen LogP contribution in [0.4, 0.5) is 0 Å². The van der Waals surface area contributed by atoms with Gasteiger partial charge in [0.25, 0.3) is 0 Å². The second kappa shape index (κ2) is 5.17. The SMILES string of the molecule is CC(=O)[C@H]1CC[C@@H]2[C@H]3CC[C@H]4CC(=O)CC[C@@]4(C)[C@@H]3CC[C@]12C. The second-order valence-electron chi connectivity index (χ2n) is 9.68. The van der Waals surface area contributed by atoms with Crippen molar-refractivity contribution in [3.8, 4) is 0 Å². The van der Waals surface area contributed by atoms with Gasteiger partial charge in [0.1, 0.15) is 11.6 Å². The topological polar surface area (TPSA) is 34.1 Å². The van der Waals surface area contributed by atoms with Crippen molar-refractivity contribution in [3.63, 3.8) is 0 Å². The fourth-order valence-corrected chi connectivity index (χ4v) is 7.71. The van der Waals surface area contributed by atoms with E-state index >= 15 is 0 Å². The molecule has 23 heavy (non-hydrogen) atoms. The Morgan fingerprint density at radius 1 is 0.957 bits per heavy atom. The standard InChI is InChI=1S/C21H32O2/c1-13(22)17-6-7-18-16-5-4-14-12-15(23)8-10-20(14,2)19(16)9-11-21(17,18)3/h14,16-19H,4-12H2,1-3H3/t14-,16+,17+,18+,19+,20+,21+/m0/s1. The van der Waals surface area contributed by atoms with Gasteiger partial charge in [0.15, 0.2) is 0 Å². The number of ketones is 2. The zero-order valence-corrected chi connectivity index (χ0v) is 15.1. The van der Waals surface area contributed by atoms with Gasteiger partial charge in [-0.1, -0.05) is 13.8 Å². The van der Waals surface area contributed by atoms with Gasteiger partial charge >= 0.3 is 0 Å². The molecule has 7 atom stereocenters. The first-order valence-electron chi connectivity index (χ1n) is 9.88. The Labute approximate surface area is 140 Å². The third-order valence-electron chi connectivity index (χ3n) is 8.97. The maximum absolute atomic E-state index is 12.2. The van der Waals surface area contributed by atoms with E-state index in [1.165, 1.54) is 32.1 Å². The van der Waals surface area contributed by atoms with E-state index in [4.69, 9.17) is 0 Å². The highest BCUT2D eigenvalue weighted by atomic mass is 16.1. The average Bonchev–Trinajstić information content (AvgIpc) is 2.85. The molecule has 0 aromatic rings. The minimum atomic E-state index is 0.265. The minimum absolute atomic E-state index is 0.265. The smallest absolute Gasteiger partial charge is 0.133 e. The highest BCUT2D eigenvalue weighted by molar-refractivity contribution is 5.80. The third kappa shape index (κ3) is 2.12. The molecule has 0 aromatic heterocycles. The van der Waals surface area contributed by atoms with Gasteiger partial charge in [-0.25, -0.2) is 0 Å². The quantitative estimate of drug-likeness (QED) is 0.696. The first kappa shape index (κ1) is 15.8. The summed E-state index contributed by atoms with van der Waals surface area (Å²) in [5.41, 5.74) is 0.660. The summed E-state index contributed by atoms with van der Waals surface area (Å²) >= 11 is 0. The van der Waals surface area contributed by atoms with Gasteiger partial charge < -0.3 is 0 Å². The summed E-state index contributed by atoms with van der Waals surface area (Å²) in [5, 5.41) is 0. The predicted octanol–water partition coefficient (Wildman–Crippen LogP) is 4.80. The lowest BCUT2D eigenvalue weighted by atomic mass is 9.44. The van der Waals surface area contributed by atoms with Crippen molar-refractivity contribution in [2.75, 3.05) is 0 Å². The van der Waals surface area contributed by atoms with Crippen LogP contribution >= 0.6 is 0 Å². The number of carbonyl (C=O) groups is 2. The molecule has 4 fully saturated rings. The van der Waals surface area contributed by atoms with E-state index in [0.29, 0.717) is 28.8 Å². The molecule has 0 saturated heterocycles. The molecule has 4 rings (SSSR count). The molecule has 128 valence electrons. The number of carbonyl (C=O) groups excluding carboxylic acids is 2. The fraction of sp³-hybridized carbons (Fsp3) is 0.905. The summed E-state index contributed by atoms with van der Waals surface area (Å²) < 4.78 is 0. The fourth-order valence-electron chi connectivity index (χ4n) is 7.71. The number of hydrogen-bond donors (Lipinski definition) is 0. The molecule has 0 aromatic carbocycles. The van der Waals surface area contributed by atoms with Crippen LogP contribution in [0.3, 0.4) is 0 Å². The Morgan fingerprint density at radius 3 is 2.43 bits per heavy atom. The van der Waals surface area contributed by atoms with Gasteiger partial charge in [0.05, 0.1) is 0 Å². The first-order chi connectivity index (χ1) is 10.9. The molecule has 2 heteroatoms. The van der Waals surface area contributed by atoms with Gasteiger partial charge in [0.2, 0.25) is 0 Å². The monoisotopic (exact) mass is 316 g/mol. The number of fused-ring (bicyclic) bond motifs is 5. The van der Waals surface area contributed by atoms with Gasteiger partial charge in [-0.15, -0.1) is 0 Å². The van der Waals surface area contributed by atoms with Crippen molar-refractivity contribution in [1.29, 1.82) is 0 Å². The Morgan fingerprint density at radius 2 is 1.70 bits per heavy atom. The molecule has 4 saturated carbocycles. The van der Waals surface area contributed by atoms with Crippen LogP contribution in [0.5, 0.6) is 0 Å².